The zero-order valence-corrected chi connectivity index (χ0v) is 37.3. The molecule has 0 spiro atoms. The molecule has 12 rings (SSSR count). The summed E-state index contributed by atoms with van der Waals surface area (Å²) in [6, 6.07) is 72.7. The Bertz CT molecular complexity index is 3430. The summed E-state index contributed by atoms with van der Waals surface area (Å²) in [5, 5.41) is 7.09. The van der Waals surface area contributed by atoms with Crippen LogP contribution in [0.15, 0.2) is 211 Å². The molecule has 4 nitrogen and oxygen atoms in total. The molecular weight excluding hydrogens is 967 g/mol. The number of aromatic nitrogens is 3. The monoisotopic (exact) mass is 1000 g/mol. The number of aryl methyl sites for hydroxylation is 1. The van der Waals surface area contributed by atoms with Crippen LogP contribution in [0.4, 0.5) is 0 Å². The van der Waals surface area contributed by atoms with E-state index < -0.39 is 0 Å². The van der Waals surface area contributed by atoms with E-state index in [9.17, 15) is 0 Å². The Morgan fingerprint density at radius 3 is 1.94 bits per heavy atom. The topological polar surface area (TPSA) is 43.9 Å². The van der Waals surface area contributed by atoms with Crippen LogP contribution in [0.5, 0.6) is 0 Å². The van der Waals surface area contributed by atoms with Crippen LogP contribution in [0, 0.1) is 18.4 Å². The van der Waals surface area contributed by atoms with E-state index in [2.05, 4.69) is 174 Å². The number of hydrogen-bond acceptors (Lipinski definition) is 4. The number of hydrogen-bond donors (Lipinski definition) is 0. The molecule has 0 bridgehead atoms. The third-order valence-corrected chi connectivity index (χ3v) is 12.2. The zero-order chi connectivity index (χ0) is 41.4. The predicted molar refractivity (Wildman–Crippen MR) is 258 cm³/mol. The molecule has 0 aliphatic heterocycles. The Labute approximate surface area is 383 Å². The van der Waals surface area contributed by atoms with Crippen LogP contribution in [0.3, 0.4) is 0 Å². The van der Waals surface area contributed by atoms with E-state index in [0.29, 0.717) is 0 Å². The SMILES string of the molecule is Cc1cc(-c2ccccc2)c(-n2c(-c3[c-]sc4ccc(-c5ccc6oc7ccccc7c6c5)cc34)nc3ccccc32)c(-c2ccccc2)c1.[Ir].[c-]1ccccc1-c1ccccn1. The van der Waals surface area contributed by atoms with Gasteiger partial charge in [0.1, 0.15) is 11.2 Å². The standard InChI is InChI=1S/C46H29N2OS.C11H8N.Ir/c1-29-24-35(30-12-4-2-5-13-30)45(36(25-29)31-14-6-3-7-15-31)48-41-18-10-9-17-40(41)47-46(48)39-28-50-44-23-21-33(27-38(39)44)32-20-22-43-37(26-32)34-16-8-11-19-42(34)49-43;1-2-6-10(7-3-1)11-8-4-5-9-12-11;/h2-27H,1H3;1-6,8-9H;/q2*-1;. The summed E-state index contributed by atoms with van der Waals surface area (Å²) < 4.78 is 9.68. The Balaban J connectivity index is 0.000000314. The first-order valence-corrected chi connectivity index (χ1v) is 21.5. The summed E-state index contributed by atoms with van der Waals surface area (Å²) in [6.07, 6.45) is 1.79. The summed E-state index contributed by atoms with van der Waals surface area (Å²) in [7, 11) is 0. The van der Waals surface area contributed by atoms with Crippen LogP contribution in [0.1, 0.15) is 5.56 Å². The van der Waals surface area contributed by atoms with Gasteiger partial charge in [-0.05, 0) is 89.0 Å². The maximum absolute atomic E-state index is 6.14. The van der Waals surface area contributed by atoms with Crippen molar-refractivity contribution in [2.45, 2.75) is 6.92 Å². The molecule has 4 heterocycles. The molecule has 8 aromatic carbocycles. The molecule has 1 radical (unpaired) electrons. The Hall–Kier alpha value is -7.21. The minimum absolute atomic E-state index is 0. The van der Waals surface area contributed by atoms with Crippen LogP contribution in [0.2, 0.25) is 0 Å². The van der Waals surface area contributed by atoms with E-state index in [-0.39, 0.29) is 20.1 Å². The van der Waals surface area contributed by atoms with Gasteiger partial charge in [0.2, 0.25) is 0 Å². The number of thiophene rings is 1. The fourth-order valence-electron chi connectivity index (χ4n) is 8.42. The fraction of sp³-hybridized carbons (Fsp3) is 0.0175. The first-order chi connectivity index (χ1) is 30.7. The van der Waals surface area contributed by atoms with Crippen molar-refractivity contribution in [2.24, 2.45) is 0 Å². The summed E-state index contributed by atoms with van der Waals surface area (Å²) in [5.41, 5.74) is 16.1. The minimum atomic E-state index is 0. The largest absolute Gasteiger partial charge is 0.456 e. The van der Waals surface area contributed by atoms with Gasteiger partial charge in [-0.15, -0.1) is 41.3 Å². The van der Waals surface area contributed by atoms with Crippen molar-refractivity contribution in [1.29, 1.82) is 0 Å². The number of benzene rings is 8. The van der Waals surface area contributed by atoms with Crippen molar-refractivity contribution in [3.8, 4) is 61.7 Å². The molecule has 0 amide bonds. The van der Waals surface area contributed by atoms with Crippen molar-refractivity contribution in [3.05, 3.63) is 223 Å². The molecule has 12 aromatic rings. The molecule has 0 aliphatic carbocycles. The smallest absolute Gasteiger partial charge is 0.135 e. The summed E-state index contributed by atoms with van der Waals surface area (Å²) in [5.74, 6) is 0.879. The van der Waals surface area contributed by atoms with Gasteiger partial charge in [-0.2, -0.15) is 0 Å². The molecule has 0 aliphatic rings. The number of rotatable bonds is 6. The van der Waals surface area contributed by atoms with E-state index in [1.165, 1.54) is 10.3 Å². The molecule has 0 atom stereocenters. The van der Waals surface area contributed by atoms with Gasteiger partial charge in [0.25, 0.3) is 0 Å². The van der Waals surface area contributed by atoms with E-state index in [1.54, 1.807) is 17.5 Å². The molecule has 63 heavy (non-hydrogen) atoms. The van der Waals surface area contributed by atoms with Gasteiger partial charge in [0.15, 0.2) is 0 Å². The van der Waals surface area contributed by atoms with Crippen LogP contribution in [-0.2, 0) is 20.1 Å². The second kappa shape index (κ2) is 17.3. The molecule has 4 aromatic heterocycles. The Kier molecular flexibility index (Phi) is 10.9. The van der Waals surface area contributed by atoms with E-state index >= 15 is 0 Å². The molecule has 303 valence electrons. The Morgan fingerprint density at radius 1 is 0.556 bits per heavy atom. The van der Waals surface area contributed by atoms with Gasteiger partial charge in [-0.1, -0.05) is 143 Å². The molecule has 0 fully saturated rings. The van der Waals surface area contributed by atoms with Gasteiger partial charge >= 0.3 is 0 Å². The maximum atomic E-state index is 6.14. The summed E-state index contributed by atoms with van der Waals surface area (Å²) >= 11 is 1.64. The average Bonchev–Trinajstić information content (AvgIpc) is 4.05. The van der Waals surface area contributed by atoms with E-state index in [0.717, 1.165) is 100 Å². The van der Waals surface area contributed by atoms with Gasteiger partial charge in [0.05, 0.1) is 22.5 Å². The van der Waals surface area contributed by atoms with Gasteiger partial charge in [-0.25, -0.2) is 0 Å². The van der Waals surface area contributed by atoms with Crippen molar-refractivity contribution in [3.63, 3.8) is 0 Å². The summed E-state index contributed by atoms with van der Waals surface area (Å²) in [4.78, 5) is 9.59. The van der Waals surface area contributed by atoms with Crippen LogP contribution in [0.25, 0.3) is 105 Å². The van der Waals surface area contributed by atoms with E-state index in [4.69, 9.17) is 9.40 Å². The maximum Gasteiger partial charge on any atom is 0.135 e. The van der Waals surface area contributed by atoms with Crippen LogP contribution >= 0.6 is 11.3 Å². The van der Waals surface area contributed by atoms with Crippen LogP contribution < -0.4 is 0 Å². The normalized spacial score (nSPS) is 11.1. The zero-order valence-electron chi connectivity index (χ0n) is 34.1. The first kappa shape index (κ1) is 39.9. The van der Waals surface area contributed by atoms with Crippen molar-refractivity contribution in [2.75, 3.05) is 0 Å². The van der Waals surface area contributed by atoms with Crippen molar-refractivity contribution < 1.29 is 24.5 Å². The van der Waals surface area contributed by atoms with Crippen LogP contribution in [-0.4, -0.2) is 14.5 Å². The number of nitrogens with zero attached hydrogens (tertiary/aromatic N) is 3. The second-order valence-electron chi connectivity index (χ2n) is 15.3. The van der Waals surface area contributed by atoms with Crippen molar-refractivity contribution >= 4 is 54.4 Å². The van der Waals surface area contributed by atoms with Gasteiger partial charge < -0.3 is 14.0 Å². The molecular formula is C57H37IrN3OS-2. The first-order valence-electron chi connectivity index (χ1n) is 20.6. The number of furan rings is 1. The molecule has 6 heteroatoms. The third-order valence-electron chi connectivity index (χ3n) is 11.3. The fourth-order valence-corrected chi connectivity index (χ4v) is 9.24. The molecule has 0 N–H and O–H groups in total. The van der Waals surface area contributed by atoms with Gasteiger partial charge in [-0.3, -0.25) is 16.3 Å². The number of para-hydroxylation sites is 3. The number of imidazole rings is 1. The minimum Gasteiger partial charge on any atom is -0.456 e. The third kappa shape index (κ3) is 7.59. The molecule has 0 saturated heterocycles. The predicted octanol–water partition coefficient (Wildman–Crippen LogP) is 15.5. The average molecular weight is 1000 g/mol. The quantitative estimate of drug-likeness (QED) is 0.156. The second-order valence-corrected chi connectivity index (χ2v) is 16.1. The Morgan fingerprint density at radius 2 is 1.21 bits per heavy atom. The molecule has 0 unspecified atom stereocenters. The van der Waals surface area contributed by atoms with Crippen molar-refractivity contribution in [1.82, 2.24) is 14.5 Å². The molecule has 0 saturated carbocycles. The van der Waals surface area contributed by atoms with Gasteiger partial charge in [0, 0.05) is 48.2 Å². The number of pyridine rings is 1. The number of fused-ring (bicyclic) bond motifs is 5. The van der Waals surface area contributed by atoms with E-state index in [1.807, 2.05) is 54.6 Å². The summed E-state index contributed by atoms with van der Waals surface area (Å²) in [6.45, 7) is 2.18.